The van der Waals surface area contributed by atoms with Gasteiger partial charge >= 0.3 is 0 Å². The van der Waals surface area contributed by atoms with Crippen LogP contribution in [0.2, 0.25) is 0 Å². The van der Waals surface area contributed by atoms with Crippen molar-refractivity contribution in [1.29, 1.82) is 0 Å². The van der Waals surface area contributed by atoms with E-state index in [1.54, 1.807) is 0 Å². The molecule has 1 saturated heterocycles. The van der Waals surface area contributed by atoms with Gasteiger partial charge in [-0.25, -0.2) is 0 Å². The van der Waals surface area contributed by atoms with Crippen molar-refractivity contribution in [3.05, 3.63) is 34.9 Å². The maximum absolute atomic E-state index is 3.43. The fourth-order valence-electron chi connectivity index (χ4n) is 2.51. The number of rotatable bonds is 2. The fraction of sp³-hybridized carbons (Fsp3) is 0.571. The maximum atomic E-state index is 3.43. The molecule has 1 aliphatic heterocycles. The van der Waals surface area contributed by atoms with Gasteiger partial charge in [0.2, 0.25) is 0 Å². The fourth-order valence-corrected chi connectivity index (χ4v) is 2.51. The van der Waals surface area contributed by atoms with E-state index in [0.717, 1.165) is 26.2 Å². The molecule has 0 amide bonds. The molecule has 0 aliphatic carbocycles. The van der Waals surface area contributed by atoms with Gasteiger partial charge in [0.15, 0.2) is 0 Å². The van der Waals surface area contributed by atoms with Crippen LogP contribution in [0.15, 0.2) is 18.2 Å². The summed E-state index contributed by atoms with van der Waals surface area (Å²) in [6.07, 6.45) is 0. The third kappa shape index (κ3) is 3.98. The molecule has 1 aliphatic rings. The van der Waals surface area contributed by atoms with E-state index in [1.807, 2.05) is 0 Å². The van der Waals surface area contributed by atoms with Gasteiger partial charge in [0, 0.05) is 32.2 Å². The molecule has 0 radical (unpaired) electrons. The quantitative estimate of drug-likeness (QED) is 0.873. The number of halogens is 1. The molecule has 1 atom stereocenters. The van der Waals surface area contributed by atoms with E-state index >= 15 is 0 Å². The zero-order valence-electron chi connectivity index (χ0n) is 11.0. The SMILES string of the molecule is Cc1cc(C)cc(CN2CCNC[C@@H]2C)c1.Cl. The lowest BCUT2D eigenvalue weighted by molar-refractivity contribution is 0.165. The largest absolute Gasteiger partial charge is 0.314 e. The van der Waals surface area contributed by atoms with Crippen molar-refractivity contribution in [2.24, 2.45) is 0 Å². The first kappa shape index (κ1) is 14.5. The minimum Gasteiger partial charge on any atom is -0.314 e. The first-order chi connectivity index (χ1) is 7.65. The first-order valence-electron chi connectivity index (χ1n) is 6.17. The van der Waals surface area contributed by atoms with Crippen molar-refractivity contribution in [3.8, 4) is 0 Å². The van der Waals surface area contributed by atoms with E-state index in [4.69, 9.17) is 0 Å². The van der Waals surface area contributed by atoms with Crippen molar-refractivity contribution in [2.75, 3.05) is 19.6 Å². The molecule has 1 N–H and O–H groups in total. The van der Waals surface area contributed by atoms with Crippen LogP contribution in [-0.4, -0.2) is 30.6 Å². The smallest absolute Gasteiger partial charge is 0.0237 e. The van der Waals surface area contributed by atoms with Gasteiger partial charge in [0.25, 0.3) is 0 Å². The average Bonchev–Trinajstić information content (AvgIpc) is 2.20. The van der Waals surface area contributed by atoms with E-state index in [-0.39, 0.29) is 12.4 Å². The molecule has 0 spiro atoms. The number of hydrogen-bond acceptors (Lipinski definition) is 2. The topological polar surface area (TPSA) is 15.3 Å². The summed E-state index contributed by atoms with van der Waals surface area (Å²) in [5.41, 5.74) is 4.20. The van der Waals surface area contributed by atoms with E-state index in [2.05, 4.69) is 49.2 Å². The molecule has 1 aromatic rings. The first-order valence-corrected chi connectivity index (χ1v) is 6.17. The Labute approximate surface area is 111 Å². The molecule has 1 fully saturated rings. The van der Waals surface area contributed by atoms with Crippen molar-refractivity contribution < 1.29 is 0 Å². The minimum absolute atomic E-state index is 0. The predicted molar refractivity (Wildman–Crippen MR) is 75.9 cm³/mol. The van der Waals surface area contributed by atoms with Gasteiger partial charge in [0.1, 0.15) is 0 Å². The van der Waals surface area contributed by atoms with Crippen molar-refractivity contribution in [2.45, 2.75) is 33.4 Å². The Morgan fingerprint density at radius 1 is 1.24 bits per heavy atom. The van der Waals surface area contributed by atoms with Crippen molar-refractivity contribution in [3.63, 3.8) is 0 Å². The van der Waals surface area contributed by atoms with Gasteiger partial charge in [-0.3, -0.25) is 4.90 Å². The number of aryl methyl sites for hydroxylation is 2. The van der Waals surface area contributed by atoms with E-state index < -0.39 is 0 Å². The molecular formula is C14H23ClN2. The third-order valence-corrected chi connectivity index (χ3v) is 3.31. The monoisotopic (exact) mass is 254 g/mol. The Morgan fingerprint density at radius 3 is 2.47 bits per heavy atom. The molecule has 0 unspecified atom stereocenters. The van der Waals surface area contributed by atoms with Gasteiger partial charge in [-0.05, 0) is 26.3 Å². The Kier molecular flexibility index (Phi) is 5.44. The molecule has 2 nitrogen and oxygen atoms in total. The predicted octanol–water partition coefficient (Wildman–Crippen LogP) is 2.52. The number of benzene rings is 1. The average molecular weight is 255 g/mol. The van der Waals surface area contributed by atoms with Crippen LogP contribution < -0.4 is 5.32 Å². The zero-order valence-corrected chi connectivity index (χ0v) is 11.8. The third-order valence-electron chi connectivity index (χ3n) is 3.31. The second-order valence-corrected chi connectivity index (χ2v) is 5.02. The van der Waals surface area contributed by atoms with Gasteiger partial charge < -0.3 is 5.32 Å². The second-order valence-electron chi connectivity index (χ2n) is 5.02. The molecule has 0 saturated carbocycles. The lowest BCUT2D eigenvalue weighted by atomic mass is 10.1. The molecule has 3 heteroatoms. The van der Waals surface area contributed by atoms with Gasteiger partial charge in [-0.15, -0.1) is 12.4 Å². The Balaban J connectivity index is 0.00000144. The van der Waals surface area contributed by atoms with Crippen LogP contribution in [0.3, 0.4) is 0 Å². The highest BCUT2D eigenvalue weighted by molar-refractivity contribution is 5.85. The maximum Gasteiger partial charge on any atom is 0.0237 e. The lowest BCUT2D eigenvalue weighted by Gasteiger charge is -2.34. The standard InChI is InChI=1S/C14H22N2.ClH/c1-11-6-12(2)8-14(7-11)10-16-5-4-15-9-13(16)3;/h6-8,13,15H,4-5,9-10H2,1-3H3;1H/t13-;/m0./s1. The summed E-state index contributed by atoms with van der Waals surface area (Å²) >= 11 is 0. The summed E-state index contributed by atoms with van der Waals surface area (Å²) in [5.74, 6) is 0. The molecule has 17 heavy (non-hydrogen) atoms. The zero-order chi connectivity index (χ0) is 11.5. The summed E-state index contributed by atoms with van der Waals surface area (Å²) in [7, 11) is 0. The number of nitrogens with zero attached hydrogens (tertiary/aromatic N) is 1. The van der Waals surface area contributed by atoms with Crippen LogP contribution in [0, 0.1) is 13.8 Å². The molecule has 96 valence electrons. The molecule has 2 rings (SSSR count). The molecule has 1 aromatic carbocycles. The molecular weight excluding hydrogens is 232 g/mol. The van der Waals surface area contributed by atoms with E-state index in [0.29, 0.717) is 6.04 Å². The van der Waals surface area contributed by atoms with E-state index in [9.17, 15) is 0 Å². The summed E-state index contributed by atoms with van der Waals surface area (Å²) in [6.45, 7) is 11.1. The van der Waals surface area contributed by atoms with Crippen LogP contribution in [0.1, 0.15) is 23.6 Å². The van der Waals surface area contributed by atoms with Gasteiger partial charge in [-0.1, -0.05) is 29.3 Å². The lowest BCUT2D eigenvalue weighted by Crippen LogP contribution is -2.49. The summed E-state index contributed by atoms with van der Waals surface area (Å²) in [6, 6.07) is 7.50. The van der Waals surface area contributed by atoms with Gasteiger partial charge in [-0.2, -0.15) is 0 Å². The minimum atomic E-state index is 0. The Morgan fingerprint density at radius 2 is 1.88 bits per heavy atom. The number of hydrogen-bond donors (Lipinski definition) is 1. The van der Waals surface area contributed by atoms with Crippen molar-refractivity contribution >= 4 is 12.4 Å². The number of nitrogens with one attached hydrogen (secondary N) is 1. The highest BCUT2D eigenvalue weighted by atomic mass is 35.5. The Hall–Kier alpha value is -0.570. The van der Waals surface area contributed by atoms with Crippen LogP contribution in [0.4, 0.5) is 0 Å². The molecule has 0 bridgehead atoms. The normalized spacial score (nSPS) is 21.0. The van der Waals surface area contributed by atoms with Gasteiger partial charge in [0.05, 0.1) is 0 Å². The highest BCUT2D eigenvalue weighted by Gasteiger charge is 2.17. The molecule has 1 heterocycles. The van der Waals surface area contributed by atoms with Crippen LogP contribution in [0.5, 0.6) is 0 Å². The summed E-state index contributed by atoms with van der Waals surface area (Å²) in [5, 5.41) is 3.43. The van der Waals surface area contributed by atoms with Crippen molar-refractivity contribution in [1.82, 2.24) is 10.2 Å². The molecule has 0 aromatic heterocycles. The summed E-state index contributed by atoms with van der Waals surface area (Å²) < 4.78 is 0. The number of piperazine rings is 1. The second kappa shape index (κ2) is 6.39. The van der Waals surface area contributed by atoms with Crippen LogP contribution >= 0.6 is 12.4 Å². The van der Waals surface area contributed by atoms with E-state index in [1.165, 1.54) is 16.7 Å². The highest BCUT2D eigenvalue weighted by Crippen LogP contribution is 2.13. The van der Waals surface area contributed by atoms with Crippen LogP contribution in [-0.2, 0) is 6.54 Å². The summed E-state index contributed by atoms with van der Waals surface area (Å²) in [4.78, 5) is 2.56. The van der Waals surface area contributed by atoms with Crippen LogP contribution in [0.25, 0.3) is 0 Å². The Bertz CT molecular complexity index is 345.